The van der Waals surface area contributed by atoms with Crippen LogP contribution in [0, 0.1) is 0 Å². The Morgan fingerprint density at radius 2 is 1.75 bits per heavy atom. The molecule has 0 fully saturated rings. The average Bonchev–Trinajstić information content (AvgIpc) is 2.63. The first kappa shape index (κ1) is 14.9. The van der Waals surface area contributed by atoms with Gasteiger partial charge in [0.2, 0.25) is 0 Å². The van der Waals surface area contributed by atoms with Gasteiger partial charge < -0.3 is 19.1 Å². The van der Waals surface area contributed by atoms with Gasteiger partial charge in [-0.3, -0.25) is 0 Å². The fourth-order valence-electron chi connectivity index (χ4n) is 3.73. The number of methoxy groups -OCH3 is 3. The topological polar surface area (TPSA) is 30.9 Å². The molecule has 1 aliphatic rings. The Balaban J connectivity index is 2.26. The van der Waals surface area contributed by atoms with Crippen molar-refractivity contribution in [3.63, 3.8) is 0 Å². The van der Waals surface area contributed by atoms with Crippen LogP contribution in [0.25, 0.3) is 21.5 Å². The molecule has 0 atom stereocenters. The van der Waals surface area contributed by atoms with Gasteiger partial charge in [-0.1, -0.05) is 6.07 Å². The fourth-order valence-corrected chi connectivity index (χ4v) is 3.73. The number of hydrogen-bond donors (Lipinski definition) is 0. The van der Waals surface area contributed by atoms with Crippen molar-refractivity contribution in [3.8, 4) is 17.2 Å². The molecule has 124 valence electrons. The Labute approximate surface area is 141 Å². The van der Waals surface area contributed by atoms with Crippen molar-refractivity contribution in [2.75, 3.05) is 39.8 Å². The van der Waals surface area contributed by atoms with Crippen molar-refractivity contribution >= 4 is 27.2 Å². The zero-order valence-corrected chi connectivity index (χ0v) is 14.5. The quantitative estimate of drug-likeness (QED) is 0.682. The highest BCUT2D eigenvalue weighted by molar-refractivity contribution is 6.18. The molecule has 0 aliphatic carbocycles. The van der Waals surface area contributed by atoms with Crippen LogP contribution in [0.1, 0.15) is 5.56 Å². The van der Waals surface area contributed by atoms with Crippen LogP contribution >= 0.6 is 0 Å². The molecule has 0 spiro atoms. The Morgan fingerprint density at radius 3 is 2.46 bits per heavy atom. The average molecular weight is 323 g/mol. The second kappa shape index (κ2) is 5.48. The van der Waals surface area contributed by atoms with Crippen LogP contribution in [0.4, 0.5) is 5.69 Å². The van der Waals surface area contributed by atoms with E-state index in [0.717, 1.165) is 41.0 Å². The van der Waals surface area contributed by atoms with E-state index in [1.807, 2.05) is 6.07 Å². The van der Waals surface area contributed by atoms with Crippen LogP contribution in [0.3, 0.4) is 0 Å². The molecule has 0 bridgehead atoms. The van der Waals surface area contributed by atoms with E-state index in [-0.39, 0.29) is 0 Å². The molecule has 1 heterocycles. The molecule has 0 radical (unpaired) electrons. The van der Waals surface area contributed by atoms with Crippen LogP contribution in [-0.4, -0.2) is 34.9 Å². The monoisotopic (exact) mass is 323 g/mol. The second-order valence-electron chi connectivity index (χ2n) is 6.18. The largest absolute Gasteiger partial charge is 0.497 e. The first-order valence-corrected chi connectivity index (χ1v) is 8.07. The minimum atomic E-state index is 0.783. The zero-order chi connectivity index (χ0) is 16.8. The molecule has 1 aliphatic heterocycles. The van der Waals surface area contributed by atoms with Gasteiger partial charge in [0.15, 0.2) is 11.5 Å². The molecule has 3 aromatic carbocycles. The maximum atomic E-state index is 5.76. The van der Waals surface area contributed by atoms with E-state index >= 15 is 0 Å². The highest BCUT2D eigenvalue weighted by Crippen LogP contribution is 2.47. The number of likely N-dealkylation sites (N-methyl/N-ethyl adjacent to an activating group) is 1. The van der Waals surface area contributed by atoms with Crippen molar-refractivity contribution in [1.29, 1.82) is 0 Å². The molecule has 0 saturated carbocycles. The summed E-state index contributed by atoms with van der Waals surface area (Å²) in [5.41, 5.74) is 2.55. The van der Waals surface area contributed by atoms with Gasteiger partial charge in [-0.25, -0.2) is 0 Å². The standard InChI is InChI=1S/C20H21NO3/c1-21-8-7-13-10-17(23-3)20(24-4)19-15-11-14(22-2)6-5-12(15)9-16(21)18(13)19/h5-6,9-11H,7-8H2,1-4H3. The normalized spacial score (nSPS) is 13.4. The third-order valence-electron chi connectivity index (χ3n) is 4.96. The third-order valence-corrected chi connectivity index (χ3v) is 4.96. The molecule has 0 amide bonds. The van der Waals surface area contributed by atoms with Gasteiger partial charge in [-0.05, 0) is 47.0 Å². The summed E-state index contributed by atoms with van der Waals surface area (Å²) < 4.78 is 16.8. The summed E-state index contributed by atoms with van der Waals surface area (Å²) >= 11 is 0. The van der Waals surface area contributed by atoms with Crippen molar-refractivity contribution in [3.05, 3.63) is 35.9 Å². The van der Waals surface area contributed by atoms with E-state index in [1.165, 1.54) is 22.0 Å². The molecule has 0 aromatic heterocycles. The van der Waals surface area contributed by atoms with Crippen LogP contribution in [0.5, 0.6) is 17.2 Å². The number of ether oxygens (including phenoxy) is 3. The second-order valence-corrected chi connectivity index (χ2v) is 6.18. The van der Waals surface area contributed by atoms with Crippen molar-refractivity contribution < 1.29 is 14.2 Å². The van der Waals surface area contributed by atoms with Crippen LogP contribution < -0.4 is 19.1 Å². The molecular weight excluding hydrogens is 302 g/mol. The van der Waals surface area contributed by atoms with E-state index in [2.05, 4.69) is 36.2 Å². The van der Waals surface area contributed by atoms with Gasteiger partial charge in [0.1, 0.15) is 5.75 Å². The fraction of sp³-hybridized carbons (Fsp3) is 0.300. The van der Waals surface area contributed by atoms with E-state index in [4.69, 9.17) is 14.2 Å². The number of benzene rings is 3. The maximum Gasteiger partial charge on any atom is 0.169 e. The van der Waals surface area contributed by atoms with Crippen molar-refractivity contribution in [1.82, 2.24) is 0 Å². The summed E-state index contributed by atoms with van der Waals surface area (Å²) in [7, 11) is 7.23. The van der Waals surface area contributed by atoms with E-state index in [9.17, 15) is 0 Å². The highest BCUT2D eigenvalue weighted by Gasteiger charge is 2.24. The summed E-state index contributed by atoms with van der Waals surface area (Å²) in [6.45, 7) is 0.999. The number of hydrogen-bond acceptors (Lipinski definition) is 4. The Kier molecular flexibility index (Phi) is 3.41. The summed E-state index contributed by atoms with van der Waals surface area (Å²) in [5, 5.41) is 4.65. The molecule has 0 saturated heterocycles. The zero-order valence-electron chi connectivity index (χ0n) is 14.5. The number of nitrogens with zero attached hydrogens (tertiary/aromatic N) is 1. The Hall–Kier alpha value is -2.62. The van der Waals surface area contributed by atoms with Gasteiger partial charge in [0.25, 0.3) is 0 Å². The third kappa shape index (κ3) is 1.99. The molecule has 4 nitrogen and oxygen atoms in total. The summed E-state index contributed by atoms with van der Waals surface area (Å²) in [5.74, 6) is 2.41. The van der Waals surface area contributed by atoms with E-state index in [1.54, 1.807) is 21.3 Å². The molecule has 0 unspecified atom stereocenters. The molecule has 4 rings (SSSR count). The van der Waals surface area contributed by atoms with Gasteiger partial charge in [-0.2, -0.15) is 0 Å². The van der Waals surface area contributed by atoms with Gasteiger partial charge in [0.05, 0.1) is 21.3 Å². The lowest BCUT2D eigenvalue weighted by molar-refractivity contribution is 0.358. The molecule has 4 heteroatoms. The van der Waals surface area contributed by atoms with Crippen LogP contribution in [-0.2, 0) is 6.42 Å². The minimum absolute atomic E-state index is 0.783. The number of anilines is 1. The Bertz CT molecular complexity index is 949. The predicted octanol–water partition coefficient (Wildman–Crippen LogP) is 4.01. The lowest BCUT2D eigenvalue weighted by Crippen LogP contribution is -2.24. The lowest BCUT2D eigenvalue weighted by atomic mass is 9.91. The molecular formula is C20H21NO3. The number of rotatable bonds is 3. The first-order valence-electron chi connectivity index (χ1n) is 8.07. The molecule has 24 heavy (non-hydrogen) atoms. The highest BCUT2D eigenvalue weighted by atomic mass is 16.5. The summed E-state index contributed by atoms with van der Waals surface area (Å²) in [4.78, 5) is 2.31. The van der Waals surface area contributed by atoms with Crippen LogP contribution in [0.2, 0.25) is 0 Å². The van der Waals surface area contributed by atoms with Crippen LogP contribution in [0.15, 0.2) is 30.3 Å². The van der Waals surface area contributed by atoms with Gasteiger partial charge in [-0.15, -0.1) is 0 Å². The minimum Gasteiger partial charge on any atom is -0.497 e. The smallest absolute Gasteiger partial charge is 0.169 e. The summed E-state index contributed by atoms with van der Waals surface area (Å²) in [6.07, 6.45) is 0.996. The van der Waals surface area contributed by atoms with Gasteiger partial charge in [0, 0.05) is 30.1 Å². The summed E-state index contributed by atoms with van der Waals surface area (Å²) in [6, 6.07) is 10.5. The molecule has 3 aromatic rings. The van der Waals surface area contributed by atoms with E-state index < -0.39 is 0 Å². The van der Waals surface area contributed by atoms with Crippen molar-refractivity contribution in [2.24, 2.45) is 0 Å². The van der Waals surface area contributed by atoms with E-state index in [0.29, 0.717) is 0 Å². The molecule has 0 N–H and O–H groups in total. The Morgan fingerprint density at radius 1 is 0.917 bits per heavy atom. The lowest BCUT2D eigenvalue weighted by Gasteiger charge is -2.30. The SMILES string of the molecule is COc1ccc2cc3c4c(cc(OC)c(OC)c4c2c1)CCN3C. The van der Waals surface area contributed by atoms with Gasteiger partial charge >= 0.3 is 0 Å². The predicted molar refractivity (Wildman–Crippen MR) is 98.1 cm³/mol. The maximum absolute atomic E-state index is 5.76. The first-order chi connectivity index (χ1) is 11.7. The van der Waals surface area contributed by atoms with Crippen molar-refractivity contribution in [2.45, 2.75) is 6.42 Å². The number of fused-ring (bicyclic) bond motifs is 2.